The van der Waals surface area contributed by atoms with E-state index in [0.717, 1.165) is 16.7 Å². The number of nitrogens with one attached hydrogen (secondary N) is 2. The van der Waals surface area contributed by atoms with Crippen molar-refractivity contribution >= 4 is 27.5 Å². The zero-order valence-corrected chi connectivity index (χ0v) is 21.2. The van der Waals surface area contributed by atoms with Crippen molar-refractivity contribution in [3.8, 4) is 0 Å². The number of halogens is 1. The summed E-state index contributed by atoms with van der Waals surface area (Å²) in [6.07, 6.45) is 0.158. The summed E-state index contributed by atoms with van der Waals surface area (Å²) in [5.74, 6) is -0.702. The Hall–Kier alpha value is -2.71. The van der Waals surface area contributed by atoms with Crippen LogP contribution in [0.1, 0.15) is 23.1 Å². The number of aryl methyl sites for hydroxylation is 1. The standard InChI is InChI=1S/C27H31ClN2O4S/c1-20-10-12-26(13-11-20)35(33,34)30-19-25(31)18-23(16-21-6-3-2-4-7-21)27(32)29-15-14-22-8-5-9-24(28)17-22/h2-13,17,23,25,30-31H,14-16,18-19H2,1H3,(H,29,32)/t23-,25+/m1/s1. The summed E-state index contributed by atoms with van der Waals surface area (Å²) in [6.45, 7) is 2.12. The highest BCUT2D eigenvalue weighted by Gasteiger charge is 2.24. The fourth-order valence-corrected chi connectivity index (χ4v) is 5.05. The van der Waals surface area contributed by atoms with Crippen molar-refractivity contribution in [3.63, 3.8) is 0 Å². The lowest BCUT2D eigenvalue weighted by atomic mass is 9.92. The SMILES string of the molecule is Cc1ccc(S(=O)(=O)NC[C@@H](O)C[C@@H](Cc2ccccc2)C(=O)NCCc2cccc(Cl)c2)cc1. The van der Waals surface area contributed by atoms with Crippen molar-refractivity contribution in [2.24, 2.45) is 5.92 Å². The smallest absolute Gasteiger partial charge is 0.240 e. The maximum absolute atomic E-state index is 13.0. The Morgan fingerprint density at radius 2 is 1.66 bits per heavy atom. The number of amides is 1. The molecule has 0 saturated heterocycles. The van der Waals surface area contributed by atoms with E-state index in [1.54, 1.807) is 18.2 Å². The Balaban J connectivity index is 1.60. The Morgan fingerprint density at radius 3 is 2.34 bits per heavy atom. The van der Waals surface area contributed by atoms with Crippen LogP contribution in [0.3, 0.4) is 0 Å². The zero-order valence-electron chi connectivity index (χ0n) is 19.7. The number of benzene rings is 3. The van der Waals surface area contributed by atoms with Gasteiger partial charge in [0.2, 0.25) is 15.9 Å². The van der Waals surface area contributed by atoms with Crippen LogP contribution in [0.2, 0.25) is 5.02 Å². The summed E-state index contributed by atoms with van der Waals surface area (Å²) in [4.78, 5) is 13.1. The molecule has 186 valence electrons. The van der Waals surface area contributed by atoms with Crippen LogP contribution in [0.25, 0.3) is 0 Å². The van der Waals surface area contributed by atoms with E-state index in [-0.39, 0.29) is 23.8 Å². The number of hydrogen-bond acceptors (Lipinski definition) is 4. The van der Waals surface area contributed by atoms with Gasteiger partial charge in [-0.3, -0.25) is 4.79 Å². The third-order valence-corrected chi connectivity index (χ3v) is 7.37. The van der Waals surface area contributed by atoms with E-state index >= 15 is 0 Å². The van der Waals surface area contributed by atoms with Crippen molar-refractivity contribution in [2.45, 2.75) is 37.2 Å². The average molecular weight is 515 g/mol. The third kappa shape index (κ3) is 8.78. The highest BCUT2D eigenvalue weighted by molar-refractivity contribution is 7.89. The summed E-state index contributed by atoms with van der Waals surface area (Å²) in [6, 6.07) is 23.5. The van der Waals surface area contributed by atoms with Gasteiger partial charge in [0.1, 0.15) is 0 Å². The topological polar surface area (TPSA) is 95.5 Å². The van der Waals surface area contributed by atoms with Crippen molar-refractivity contribution in [2.75, 3.05) is 13.1 Å². The molecule has 3 aromatic carbocycles. The molecule has 0 aromatic heterocycles. The van der Waals surface area contributed by atoms with Gasteiger partial charge < -0.3 is 10.4 Å². The monoisotopic (exact) mass is 514 g/mol. The number of aliphatic hydroxyl groups excluding tert-OH is 1. The number of rotatable bonds is 12. The highest BCUT2D eigenvalue weighted by Crippen LogP contribution is 2.17. The molecule has 1 amide bonds. The molecule has 0 aliphatic rings. The second-order valence-corrected chi connectivity index (χ2v) is 10.8. The fraction of sp³-hybridized carbons (Fsp3) is 0.296. The van der Waals surface area contributed by atoms with Gasteiger partial charge in [-0.25, -0.2) is 13.1 Å². The van der Waals surface area contributed by atoms with Crippen LogP contribution in [-0.2, 0) is 27.7 Å². The van der Waals surface area contributed by atoms with Gasteiger partial charge >= 0.3 is 0 Å². The maximum atomic E-state index is 13.0. The molecule has 3 aromatic rings. The van der Waals surface area contributed by atoms with Crippen LogP contribution in [0.15, 0.2) is 83.8 Å². The van der Waals surface area contributed by atoms with E-state index in [9.17, 15) is 18.3 Å². The normalized spacial score (nSPS) is 13.2. The Bertz CT molecular complexity index is 1200. The number of carbonyl (C=O) groups excluding carboxylic acids is 1. The molecule has 0 radical (unpaired) electrons. The molecule has 0 aliphatic carbocycles. The van der Waals surface area contributed by atoms with Gasteiger partial charge in [0.25, 0.3) is 0 Å². The van der Waals surface area contributed by atoms with E-state index in [2.05, 4.69) is 10.0 Å². The molecular weight excluding hydrogens is 484 g/mol. The molecule has 0 unspecified atom stereocenters. The molecule has 0 spiro atoms. The minimum absolute atomic E-state index is 0.119. The number of hydrogen-bond donors (Lipinski definition) is 3. The van der Waals surface area contributed by atoms with E-state index in [1.807, 2.05) is 55.5 Å². The summed E-state index contributed by atoms with van der Waals surface area (Å²) in [5.41, 5.74) is 2.94. The molecule has 2 atom stereocenters. The Labute approximate surface area is 212 Å². The highest BCUT2D eigenvalue weighted by atomic mass is 35.5. The molecule has 0 aliphatic heterocycles. The second-order valence-electron chi connectivity index (χ2n) is 8.61. The van der Waals surface area contributed by atoms with Crippen molar-refractivity contribution < 1.29 is 18.3 Å². The number of aliphatic hydroxyl groups is 1. The van der Waals surface area contributed by atoms with Crippen LogP contribution >= 0.6 is 11.6 Å². The first kappa shape index (κ1) is 26.9. The average Bonchev–Trinajstić information content (AvgIpc) is 2.83. The predicted octanol–water partition coefficient (Wildman–Crippen LogP) is 3.90. The molecule has 3 N–H and O–H groups in total. The van der Waals surface area contributed by atoms with Gasteiger partial charge in [0.05, 0.1) is 11.0 Å². The molecule has 0 bridgehead atoms. The summed E-state index contributed by atoms with van der Waals surface area (Å²) in [5, 5.41) is 14.2. The van der Waals surface area contributed by atoms with Gasteiger partial charge in [-0.05, 0) is 61.6 Å². The number of sulfonamides is 1. The predicted molar refractivity (Wildman–Crippen MR) is 139 cm³/mol. The van der Waals surface area contributed by atoms with Crippen LogP contribution in [-0.4, -0.2) is 38.6 Å². The Kier molecular flexibility index (Phi) is 9.86. The van der Waals surface area contributed by atoms with Crippen molar-refractivity contribution in [1.82, 2.24) is 10.0 Å². The van der Waals surface area contributed by atoms with Gasteiger partial charge in [-0.2, -0.15) is 0 Å². The molecule has 6 nitrogen and oxygen atoms in total. The van der Waals surface area contributed by atoms with Gasteiger partial charge in [-0.15, -0.1) is 0 Å². The minimum Gasteiger partial charge on any atom is -0.392 e. The Morgan fingerprint density at radius 1 is 0.971 bits per heavy atom. The van der Waals surface area contributed by atoms with Crippen molar-refractivity contribution in [1.29, 1.82) is 0 Å². The molecular formula is C27H31ClN2O4S. The lowest BCUT2D eigenvalue weighted by Gasteiger charge is -2.21. The minimum atomic E-state index is -3.76. The summed E-state index contributed by atoms with van der Waals surface area (Å²) in [7, 11) is -3.76. The largest absolute Gasteiger partial charge is 0.392 e. The molecule has 0 heterocycles. The van der Waals surface area contributed by atoms with E-state index in [4.69, 9.17) is 11.6 Å². The van der Waals surface area contributed by atoms with E-state index in [0.29, 0.717) is 24.4 Å². The molecule has 3 rings (SSSR count). The van der Waals surface area contributed by atoms with Crippen LogP contribution in [0.5, 0.6) is 0 Å². The van der Waals surface area contributed by atoms with E-state index < -0.39 is 22.0 Å². The van der Waals surface area contributed by atoms with Gasteiger partial charge in [-0.1, -0.05) is 71.8 Å². The lowest BCUT2D eigenvalue weighted by Crippen LogP contribution is -2.38. The maximum Gasteiger partial charge on any atom is 0.240 e. The van der Waals surface area contributed by atoms with Crippen LogP contribution in [0, 0.1) is 12.8 Å². The quantitative estimate of drug-likeness (QED) is 0.341. The summed E-state index contributed by atoms with van der Waals surface area (Å²) < 4.78 is 27.5. The molecule has 0 saturated carbocycles. The first-order chi connectivity index (χ1) is 16.7. The van der Waals surface area contributed by atoms with Gasteiger partial charge in [0.15, 0.2) is 0 Å². The van der Waals surface area contributed by atoms with Crippen LogP contribution in [0.4, 0.5) is 0 Å². The van der Waals surface area contributed by atoms with Crippen LogP contribution < -0.4 is 10.0 Å². The molecule has 0 fully saturated rings. The third-order valence-electron chi connectivity index (χ3n) is 5.69. The second kappa shape index (κ2) is 12.8. The fourth-order valence-electron chi connectivity index (χ4n) is 3.77. The molecule has 8 heteroatoms. The lowest BCUT2D eigenvalue weighted by molar-refractivity contribution is -0.125. The van der Waals surface area contributed by atoms with E-state index in [1.165, 1.54) is 12.1 Å². The summed E-state index contributed by atoms with van der Waals surface area (Å²) >= 11 is 6.03. The first-order valence-electron chi connectivity index (χ1n) is 11.5. The van der Waals surface area contributed by atoms with Crippen molar-refractivity contribution in [3.05, 3.63) is 101 Å². The molecule has 35 heavy (non-hydrogen) atoms. The number of carbonyl (C=O) groups is 1. The zero-order chi connectivity index (χ0) is 25.3. The van der Waals surface area contributed by atoms with Gasteiger partial charge in [0, 0.05) is 24.0 Å². The first-order valence-corrected chi connectivity index (χ1v) is 13.4.